The van der Waals surface area contributed by atoms with Gasteiger partial charge in [0.2, 0.25) is 0 Å². The van der Waals surface area contributed by atoms with E-state index in [0.29, 0.717) is 0 Å². The molecule has 0 N–H and O–H groups in total. The van der Waals surface area contributed by atoms with Gasteiger partial charge in [-0.1, -0.05) is 285 Å². The molecule has 1 nitrogen and oxygen atoms in total. The lowest BCUT2D eigenvalue weighted by molar-refractivity contribution is 0.978. The summed E-state index contributed by atoms with van der Waals surface area (Å²) >= 11 is 1.83. The van der Waals surface area contributed by atoms with Crippen LogP contribution in [0.2, 0.25) is 0 Å². The highest BCUT2D eigenvalue weighted by Gasteiger charge is 2.19. The molecule has 13 aromatic rings. The molecule has 80 heavy (non-hydrogen) atoms. The molecule has 0 atom stereocenters. The van der Waals surface area contributed by atoms with E-state index in [9.17, 15) is 0 Å². The van der Waals surface area contributed by atoms with Crippen LogP contribution in [0.3, 0.4) is 0 Å². The first kappa shape index (κ1) is 49.7. The summed E-state index contributed by atoms with van der Waals surface area (Å²) in [6.07, 6.45) is 0. The third-order valence-electron chi connectivity index (χ3n) is 15.4. The van der Waals surface area contributed by atoms with Gasteiger partial charge in [-0.2, -0.15) is 0 Å². The molecule has 0 aliphatic rings. The smallest absolute Gasteiger partial charge is 0.0462 e. The molecule has 1 aromatic heterocycles. The molecule has 0 saturated carbocycles. The first-order chi connectivity index (χ1) is 39.6. The van der Waals surface area contributed by atoms with Crippen LogP contribution in [0.5, 0.6) is 0 Å². The molecule has 1 heterocycles. The minimum absolute atomic E-state index is 0.173. The minimum atomic E-state index is 0.173. The largest absolute Gasteiger partial charge is 0.311 e. The van der Waals surface area contributed by atoms with Crippen molar-refractivity contribution in [2.45, 2.75) is 11.8 Å². The van der Waals surface area contributed by atoms with E-state index in [1.807, 2.05) is 11.3 Å². The number of hydrogen-bond acceptors (Lipinski definition) is 2. The number of thiophene rings is 1. The summed E-state index contributed by atoms with van der Waals surface area (Å²) in [5, 5.41) is 0. The Morgan fingerprint density at radius 1 is 0.175 bits per heavy atom. The van der Waals surface area contributed by atoms with Gasteiger partial charge in [0.1, 0.15) is 0 Å². The Labute approximate surface area is 474 Å². The molecule has 0 amide bonds. The van der Waals surface area contributed by atoms with E-state index >= 15 is 0 Å². The maximum absolute atomic E-state index is 2.36. The molecule has 0 bridgehead atoms. The molecule has 0 fully saturated rings. The molecular formula is C78H57NS. The Bertz CT molecular complexity index is 3770. The van der Waals surface area contributed by atoms with Crippen LogP contribution in [0.4, 0.5) is 17.1 Å². The predicted octanol–water partition coefficient (Wildman–Crippen LogP) is 21.6. The van der Waals surface area contributed by atoms with Crippen molar-refractivity contribution in [1.82, 2.24) is 0 Å². The van der Waals surface area contributed by atoms with Crippen LogP contribution in [0.25, 0.3) is 65.4 Å². The highest BCUT2D eigenvalue weighted by atomic mass is 32.1. The molecule has 0 radical (unpaired) electrons. The van der Waals surface area contributed by atoms with Crippen molar-refractivity contribution in [2.75, 3.05) is 4.90 Å². The van der Waals surface area contributed by atoms with Gasteiger partial charge < -0.3 is 4.90 Å². The van der Waals surface area contributed by atoms with E-state index in [1.54, 1.807) is 0 Å². The zero-order valence-corrected chi connectivity index (χ0v) is 45.1. The van der Waals surface area contributed by atoms with Crippen LogP contribution in [-0.2, 0) is 0 Å². The molecule has 0 spiro atoms. The van der Waals surface area contributed by atoms with Gasteiger partial charge in [0.15, 0.2) is 0 Å². The Hall–Kier alpha value is -9.86. The van der Waals surface area contributed by atoms with Gasteiger partial charge in [0.25, 0.3) is 0 Å². The lowest BCUT2D eigenvalue weighted by Gasteiger charge is -2.26. The summed E-state index contributed by atoms with van der Waals surface area (Å²) in [7, 11) is 0. The van der Waals surface area contributed by atoms with Crippen molar-refractivity contribution in [3.8, 4) is 65.4 Å². The lowest BCUT2D eigenvalue weighted by Crippen LogP contribution is -2.09. The monoisotopic (exact) mass is 1040 g/mol. The highest BCUT2D eigenvalue weighted by Crippen LogP contribution is 2.41. The van der Waals surface area contributed by atoms with Crippen molar-refractivity contribution >= 4 is 28.4 Å². The summed E-state index contributed by atoms with van der Waals surface area (Å²) in [5.74, 6) is 0.345. The average molecular weight is 1040 g/mol. The molecule has 0 saturated heterocycles. The molecule has 12 aromatic carbocycles. The van der Waals surface area contributed by atoms with Gasteiger partial charge in [0, 0.05) is 38.7 Å². The van der Waals surface area contributed by atoms with Crippen molar-refractivity contribution < 1.29 is 0 Å². The van der Waals surface area contributed by atoms with E-state index in [1.165, 1.54) is 98.8 Å². The zero-order valence-electron chi connectivity index (χ0n) is 44.3. The molecule has 0 aliphatic heterocycles. The number of anilines is 3. The number of hydrogen-bond donors (Lipinski definition) is 0. The van der Waals surface area contributed by atoms with Gasteiger partial charge in [-0.05, 0) is 138 Å². The van der Waals surface area contributed by atoms with Gasteiger partial charge in [-0.25, -0.2) is 0 Å². The van der Waals surface area contributed by atoms with Crippen LogP contribution in [-0.4, -0.2) is 0 Å². The van der Waals surface area contributed by atoms with Crippen LogP contribution in [0, 0.1) is 0 Å². The normalized spacial score (nSPS) is 11.2. The SMILES string of the molecule is c1ccc(-c2ccc(-c3ccc(N(c4ccc(-c5ccc(-c6ccc(C(c7ccccc7)c7ccccc7)cc6)cc5)cc4)c4ccc(-c5ccc(-c6ccc(C(c7ccccc7)c7ccccc7)cc6)cc5)cc4)cc3)s2)cc1. The van der Waals surface area contributed by atoms with E-state index in [2.05, 4.69) is 339 Å². The maximum Gasteiger partial charge on any atom is 0.0462 e. The molecule has 0 unspecified atom stereocenters. The number of benzene rings is 12. The topological polar surface area (TPSA) is 3.24 Å². The van der Waals surface area contributed by atoms with Crippen molar-refractivity contribution in [3.63, 3.8) is 0 Å². The summed E-state index contributed by atoms with van der Waals surface area (Å²) in [6.45, 7) is 0. The summed E-state index contributed by atoms with van der Waals surface area (Å²) in [6, 6.07) is 121. The standard InChI is InChI=1S/C78H57NS/c1-6-16-64(17-7-1)75-54-55-76(80-75)65-46-52-74(53-47-65)79(72-48-42-62(43-49-72)58-30-26-56(27-31-58)60-34-38-70(39-35-60)77(66-18-8-2-9-19-66)67-20-10-3-11-21-67)73-50-44-63(45-51-73)59-32-28-57(29-33-59)61-36-40-71(41-37-61)78(68-22-12-4-13-23-68)69-24-14-5-15-25-69/h1-55,77-78H. The van der Waals surface area contributed by atoms with Gasteiger partial charge in [0.05, 0.1) is 0 Å². The fourth-order valence-electron chi connectivity index (χ4n) is 11.3. The molecular weight excluding hydrogens is 983 g/mol. The van der Waals surface area contributed by atoms with Crippen LogP contribution in [0.15, 0.2) is 334 Å². The first-order valence-electron chi connectivity index (χ1n) is 27.5. The van der Waals surface area contributed by atoms with E-state index in [0.717, 1.165) is 17.1 Å². The van der Waals surface area contributed by atoms with Crippen molar-refractivity contribution in [2.24, 2.45) is 0 Å². The third kappa shape index (κ3) is 10.7. The second-order valence-corrected chi connectivity index (χ2v) is 21.5. The Morgan fingerprint density at radius 2 is 0.375 bits per heavy atom. The fourth-order valence-corrected chi connectivity index (χ4v) is 12.3. The van der Waals surface area contributed by atoms with E-state index < -0.39 is 0 Å². The average Bonchev–Trinajstić information content (AvgIpc) is 4.06. The summed E-state index contributed by atoms with van der Waals surface area (Å²) < 4.78 is 0. The van der Waals surface area contributed by atoms with Crippen LogP contribution >= 0.6 is 11.3 Å². The zero-order chi connectivity index (χ0) is 53.5. The van der Waals surface area contributed by atoms with E-state index in [4.69, 9.17) is 0 Å². The maximum atomic E-state index is 2.36. The Kier molecular flexibility index (Phi) is 14.3. The fraction of sp³-hybridized carbons (Fsp3) is 0.0256. The lowest BCUT2D eigenvalue weighted by atomic mass is 9.84. The number of nitrogens with zero attached hydrogens (tertiary/aromatic N) is 1. The summed E-state index contributed by atoms with van der Waals surface area (Å²) in [4.78, 5) is 4.88. The van der Waals surface area contributed by atoms with E-state index in [-0.39, 0.29) is 11.8 Å². The van der Waals surface area contributed by atoms with Gasteiger partial charge >= 0.3 is 0 Å². The van der Waals surface area contributed by atoms with Crippen LogP contribution in [0.1, 0.15) is 45.2 Å². The second-order valence-electron chi connectivity index (χ2n) is 20.4. The Morgan fingerprint density at radius 3 is 0.650 bits per heavy atom. The van der Waals surface area contributed by atoms with Crippen molar-refractivity contribution in [1.29, 1.82) is 0 Å². The Balaban J connectivity index is 0.753. The molecule has 2 heteroatoms. The molecule has 380 valence electrons. The molecule has 0 aliphatic carbocycles. The molecule has 13 rings (SSSR count). The summed E-state index contributed by atoms with van der Waals surface area (Å²) in [5.41, 5.74) is 23.0. The number of rotatable bonds is 15. The van der Waals surface area contributed by atoms with Gasteiger partial charge in [-0.15, -0.1) is 11.3 Å². The minimum Gasteiger partial charge on any atom is -0.311 e. The predicted molar refractivity (Wildman–Crippen MR) is 339 cm³/mol. The first-order valence-corrected chi connectivity index (χ1v) is 28.3. The van der Waals surface area contributed by atoms with Crippen molar-refractivity contribution in [3.05, 3.63) is 367 Å². The van der Waals surface area contributed by atoms with Gasteiger partial charge in [-0.3, -0.25) is 0 Å². The quantitative estimate of drug-likeness (QED) is 0.0925. The highest BCUT2D eigenvalue weighted by molar-refractivity contribution is 7.18. The second kappa shape index (κ2) is 23.0. The third-order valence-corrected chi connectivity index (χ3v) is 16.6. The van der Waals surface area contributed by atoms with Crippen LogP contribution < -0.4 is 4.90 Å².